The second kappa shape index (κ2) is 5.03. The van der Waals surface area contributed by atoms with Gasteiger partial charge in [-0.1, -0.05) is 0 Å². The number of hydrogen-bond donors (Lipinski definition) is 1. The average Bonchev–Trinajstić information content (AvgIpc) is 2.28. The normalized spacial score (nSPS) is 13.5. The van der Waals surface area contributed by atoms with Crippen LogP contribution in [0.1, 0.15) is 18.4 Å². The Labute approximate surface area is 98.0 Å². The number of rotatable bonds is 4. The van der Waals surface area contributed by atoms with Crippen molar-refractivity contribution in [1.82, 2.24) is 0 Å². The van der Waals surface area contributed by atoms with E-state index in [-0.39, 0.29) is 12.2 Å². The zero-order valence-corrected chi connectivity index (χ0v) is 9.24. The Morgan fingerprint density at radius 1 is 1.35 bits per heavy atom. The van der Waals surface area contributed by atoms with E-state index in [4.69, 9.17) is 14.6 Å². The van der Waals surface area contributed by atoms with E-state index >= 15 is 0 Å². The van der Waals surface area contributed by atoms with Crippen LogP contribution in [-0.4, -0.2) is 24.3 Å². The number of aliphatic carboxylic acids is 1. The van der Waals surface area contributed by atoms with Crippen LogP contribution in [0.4, 0.5) is 4.39 Å². The van der Waals surface area contributed by atoms with E-state index in [0.717, 1.165) is 5.56 Å². The van der Waals surface area contributed by atoms with Crippen LogP contribution >= 0.6 is 0 Å². The van der Waals surface area contributed by atoms with Crippen molar-refractivity contribution < 1.29 is 23.8 Å². The lowest BCUT2D eigenvalue weighted by molar-refractivity contribution is -0.137. The molecule has 0 aliphatic carbocycles. The number of halogens is 1. The molecule has 0 spiro atoms. The first-order chi connectivity index (χ1) is 8.16. The molecule has 92 valence electrons. The number of hydrogen-bond acceptors (Lipinski definition) is 3. The lowest BCUT2D eigenvalue weighted by Gasteiger charge is -2.19. The topological polar surface area (TPSA) is 55.8 Å². The molecule has 0 aromatic heterocycles. The maximum atomic E-state index is 13.6. The summed E-state index contributed by atoms with van der Waals surface area (Å²) in [6.45, 7) is 0.757. The minimum absolute atomic E-state index is 0.0794. The van der Waals surface area contributed by atoms with E-state index in [1.165, 1.54) is 6.07 Å². The number of carboxylic acid groups (broad SMARTS) is 1. The summed E-state index contributed by atoms with van der Waals surface area (Å²) in [5.41, 5.74) is 0.730. The van der Waals surface area contributed by atoms with Crippen molar-refractivity contribution >= 4 is 5.97 Å². The Morgan fingerprint density at radius 3 is 2.88 bits per heavy atom. The highest BCUT2D eigenvalue weighted by Crippen LogP contribution is 2.34. The zero-order valence-electron chi connectivity index (χ0n) is 9.24. The van der Waals surface area contributed by atoms with Crippen LogP contribution in [0.25, 0.3) is 0 Å². The molecule has 0 unspecified atom stereocenters. The smallest absolute Gasteiger partial charge is 0.303 e. The summed E-state index contributed by atoms with van der Waals surface area (Å²) in [5.74, 6) is -0.740. The summed E-state index contributed by atoms with van der Waals surface area (Å²) in [5, 5.41) is 8.52. The van der Waals surface area contributed by atoms with Crippen molar-refractivity contribution in [2.45, 2.75) is 19.3 Å². The minimum Gasteiger partial charge on any atom is -0.486 e. The molecule has 0 radical (unpaired) electrons. The second-order valence-corrected chi connectivity index (χ2v) is 3.85. The van der Waals surface area contributed by atoms with Crippen LogP contribution in [0.15, 0.2) is 12.1 Å². The van der Waals surface area contributed by atoms with Crippen molar-refractivity contribution in [3.05, 3.63) is 23.5 Å². The molecule has 1 aromatic carbocycles. The SMILES string of the molecule is O=C(O)CCCc1cc(F)c2c(c1)OCCO2. The van der Waals surface area contributed by atoms with Crippen molar-refractivity contribution in [2.24, 2.45) is 0 Å². The molecule has 1 N–H and O–H groups in total. The number of carbonyl (C=O) groups is 1. The Balaban J connectivity index is 2.08. The van der Waals surface area contributed by atoms with Crippen LogP contribution in [0.5, 0.6) is 11.5 Å². The van der Waals surface area contributed by atoms with Gasteiger partial charge in [0.05, 0.1) is 0 Å². The summed E-state index contributed by atoms with van der Waals surface area (Å²) in [4.78, 5) is 10.4. The lowest BCUT2D eigenvalue weighted by Crippen LogP contribution is -2.16. The molecule has 17 heavy (non-hydrogen) atoms. The molecule has 0 saturated heterocycles. The first-order valence-corrected chi connectivity index (χ1v) is 5.46. The van der Waals surface area contributed by atoms with E-state index in [1.54, 1.807) is 6.07 Å². The highest BCUT2D eigenvalue weighted by molar-refractivity contribution is 5.66. The first-order valence-electron chi connectivity index (χ1n) is 5.46. The minimum atomic E-state index is -0.844. The van der Waals surface area contributed by atoms with Gasteiger partial charge in [0.25, 0.3) is 0 Å². The number of aryl methyl sites for hydroxylation is 1. The van der Waals surface area contributed by atoms with Crippen molar-refractivity contribution in [3.63, 3.8) is 0 Å². The van der Waals surface area contributed by atoms with Gasteiger partial charge in [0, 0.05) is 6.42 Å². The molecular formula is C12H13FO4. The van der Waals surface area contributed by atoms with E-state index in [2.05, 4.69) is 0 Å². The van der Waals surface area contributed by atoms with Crippen LogP contribution in [0.3, 0.4) is 0 Å². The summed E-state index contributed by atoms with van der Waals surface area (Å²) in [6.07, 6.45) is 1.07. The van der Waals surface area contributed by atoms with E-state index in [9.17, 15) is 9.18 Å². The summed E-state index contributed by atoms with van der Waals surface area (Å²) >= 11 is 0. The third kappa shape index (κ3) is 2.87. The van der Waals surface area contributed by atoms with Gasteiger partial charge in [-0.2, -0.15) is 0 Å². The van der Waals surface area contributed by atoms with Crippen molar-refractivity contribution in [1.29, 1.82) is 0 Å². The predicted molar refractivity (Wildman–Crippen MR) is 58.0 cm³/mol. The summed E-state index contributed by atoms with van der Waals surface area (Å²) in [7, 11) is 0. The molecule has 1 aromatic rings. The third-order valence-corrected chi connectivity index (χ3v) is 2.51. The molecule has 1 aliphatic rings. The van der Waals surface area contributed by atoms with Gasteiger partial charge in [-0.15, -0.1) is 0 Å². The largest absolute Gasteiger partial charge is 0.486 e. The quantitative estimate of drug-likeness (QED) is 0.874. The van der Waals surface area contributed by atoms with Gasteiger partial charge in [-0.25, -0.2) is 4.39 Å². The molecule has 1 aliphatic heterocycles. The van der Waals surface area contributed by atoms with Crippen LogP contribution in [0, 0.1) is 5.82 Å². The Kier molecular flexibility index (Phi) is 3.46. The number of ether oxygens (including phenoxy) is 2. The third-order valence-electron chi connectivity index (χ3n) is 2.51. The maximum absolute atomic E-state index is 13.6. The van der Waals surface area contributed by atoms with Crippen LogP contribution in [-0.2, 0) is 11.2 Å². The molecule has 1 heterocycles. The van der Waals surface area contributed by atoms with Crippen molar-refractivity contribution in [2.75, 3.05) is 13.2 Å². The highest BCUT2D eigenvalue weighted by Gasteiger charge is 2.17. The first kappa shape index (κ1) is 11.7. The molecule has 0 atom stereocenters. The zero-order chi connectivity index (χ0) is 12.3. The summed E-state index contributed by atoms with van der Waals surface area (Å²) in [6, 6.07) is 3.08. The number of fused-ring (bicyclic) bond motifs is 1. The number of carboxylic acids is 1. The maximum Gasteiger partial charge on any atom is 0.303 e. The number of benzene rings is 1. The van der Waals surface area contributed by atoms with Crippen LogP contribution < -0.4 is 9.47 Å². The Bertz CT molecular complexity index is 431. The molecule has 5 heteroatoms. The van der Waals surface area contributed by atoms with Gasteiger partial charge in [0.15, 0.2) is 17.3 Å². The predicted octanol–water partition coefficient (Wildman–Crippen LogP) is 2.00. The lowest BCUT2D eigenvalue weighted by atomic mass is 10.1. The molecule has 2 rings (SSSR count). The van der Waals surface area contributed by atoms with Gasteiger partial charge in [-0.3, -0.25) is 4.79 Å². The monoisotopic (exact) mass is 240 g/mol. The van der Waals surface area contributed by atoms with Gasteiger partial charge in [0.1, 0.15) is 13.2 Å². The van der Waals surface area contributed by atoms with E-state index < -0.39 is 11.8 Å². The van der Waals surface area contributed by atoms with Gasteiger partial charge >= 0.3 is 5.97 Å². The highest BCUT2D eigenvalue weighted by atomic mass is 19.1. The Morgan fingerprint density at radius 2 is 2.12 bits per heavy atom. The van der Waals surface area contributed by atoms with E-state index in [0.29, 0.717) is 31.8 Å². The van der Waals surface area contributed by atoms with Gasteiger partial charge in [-0.05, 0) is 30.5 Å². The van der Waals surface area contributed by atoms with Crippen molar-refractivity contribution in [3.8, 4) is 11.5 Å². The molecule has 0 bridgehead atoms. The molecular weight excluding hydrogens is 227 g/mol. The average molecular weight is 240 g/mol. The molecule has 0 amide bonds. The standard InChI is InChI=1S/C12H13FO4/c13-9-6-8(2-1-3-11(14)15)7-10-12(9)17-5-4-16-10/h6-7H,1-5H2,(H,14,15). The Hall–Kier alpha value is -1.78. The molecule has 4 nitrogen and oxygen atoms in total. The summed E-state index contributed by atoms with van der Waals surface area (Å²) < 4.78 is 24.0. The fourth-order valence-corrected chi connectivity index (χ4v) is 1.75. The fourth-order valence-electron chi connectivity index (χ4n) is 1.75. The van der Waals surface area contributed by atoms with Crippen LogP contribution in [0.2, 0.25) is 0 Å². The molecule has 0 fully saturated rings. The second-order valence-electron chi connectivity index (χ2n) is 3.85. The van der Waals surface area contributed by atoms with E-state index in [1.807, 2.05) is 0 Å². The van der Waals surface area contributed by atoms with Gasteiger partial charge in [0.2, 0.25) is 0 Å². The van der Waals surface area contributed by atoms with Gasteiger partial charge < -0.3 is 14.6 Å². The molecule has 0 saturated carbocycles. The fraction of sp³-hybridized carbons (Fsp3) is 0.417.